The molecule has 0 aliphatic heterocycles. The van der Waals surface area contributed by atoms with Gasteiger partial charge in [0.15, 0.2) is 8.32 Å². The summed E-state index contributed by atoms with van der Waals surface area (Å²) in [5, 5.41) is 1.23. The SMILES string of the molecule is C#Cc1c(C(CC=C)O[Si](C)(C)C(C)(C)C)[nH]c2ccccc12. The van der Waals surface area contributed by atoms with Gasteiger partial charge in [0, 0.05) is 10.9 Å². The van der Waals surface area contributed by atoms with E-state index < -0.39 is 8.32 Å². The van der Waals surface area contributed by atoms with Crippen molar-refractivity contribution in [2.45, 2.75) is 51.4 Å². The molecule has 23 heavy (non-hydrogen) atoms. The van der Waals surface area contributed by atoms with Gasteiger partial charge in [-0.3, -0.25) is 0 Å². The van der Waals surface area contributed by atoms with E-state index in [4.69, 9.17) is 10.8 Å². The summed E-state index contributed by atoms with van der Waals surface area (Å²) in [7, 11) is -1.91. The Bertz CT molecular complexity index is 743. The molecule has 0 radical (unpaired) electrons. The second-order valence-corrected chi connectivity index (χ2v) is 12.3. The fourth-order valence-electron chi connectivity index (χ4n) is 2.47. The molecule has 0 amide bonds. The van der Waals surface area contributed by atoms with Crippen LogP contribution >= 0.6 is 0 Å². The number of benzene rings is 1. The van der Waals surface area contributed by atoms with Crippen molar-refractivity contribution in [2.24, 2.45) is 0 Å². The summed E-state index contributed by atoms with van der Waals surface area (Å²) in [5.74, 6) is 2.85. The Morgan fingerprint density at radius 1 is 1.35 bits per heavy atom. The van der Waals surface area contributed by atoms with Crippen LogP contribution in [0, 0.1) is 12.3 Å². The number of terminal acetylenes is 1. The van der Waals surface area contributed by atoms with Crippen LogP contribution in [0.5, 0.6) is 0 Å². The molecule has 0 spiro atoms. The highest BCUT2D eigenvalue weighted by Crippen LogP contribution is 2.41. The molecule has 0 saturated carbocycles. The van der Waals surface area contributed by atoms with Crippen molar-refractivity contribution in [3.63, 3.8) is 0 Å². The summed E-state index contributed by atoms with van der Waals surface area (Å²) in [6.45, 7) is 15.2. The number of nitrogens with one attached hydrogen (secondary N) is 1. The van der Waals surface area contributed by atoms with E-state index in [2.05, 4.69) is 63.5 Å². The lowest BCUT2D eigenvalue weighted by atomic mass is 10.1. The molecule has 1 aromatic carbocycles. The van der Waals surface area contributed by atoms with Crippen LogP contribution in [-0.2, 0) is 4.43 Å². The maximum absolute atomic E-state index is 6.64. The Labute approximate surface area is 141 Å². The molecular weight excluding hydrogens is 298 g/mol. The highest BCUT2D eigenvalue weighted by molar-refractivity contribution is 6.74. The monoisotopic (exact) mass is 325 g/mol. The van der Waals surface area contributed by atoms with Crippen LogP contribution in [0.4, 0.5) is 0 Å². The molecule has 0 aliphatic carbocycles. The van der Waals surface area contributed by atoms with Crippen LogP contribution in [0.2, 0.25) is 18.1 Å². The van der Waals surface area contributed by atoms with Crippen LogP contribution in [-0.4, -0.2) is 13.3 Å². The summed E-state index contributed by atoms with van der Waals surface area (Å²) in [6.07, 6.45) is 8.38. The fraction of sp³-hybridized carbons (Fsp3) is 0.400. The normalized spacial score (nSPS) is 13.7. The van der Waals surface area contributed by atoms with Gasteiger partial charge in [0.2, 0.25) is 0 Å². The summed E-state index contributed by atoms with van der Waals surface area (Å²) < 4.78 is 6.64. The lowest BCUT2D eigenvalue weighted by Gasteiger charge is -2.39. The van der Waals surface area contributed by atoms with E-state index in [1.165, 1.54) is 0 Å². The molecule has 0 bridgehead atoms. The molecule has 122 valence electrons. The quantitative estimate of drug-likeness (QED) is 0.420. The first-order valence-electron chi connectivity index (χ1n) is 8.07. The summed E-state index contributed by atoms with van der Waals surface area (Å²) in [4.78, 5) is 3.48. The van der Waals surface area contributed by atoms with Crippen molar-refractivity contribution in [2.75, 3.05) is 0 Å². The average molecular weight is 326 g/mol. The molecule has 1 N–H and O–H groups in total. The van der Waals surface area contributed by atoms with Crippen LogP contribution in [0.3, 0.4) is 0 Å². The van der Waals surface area contributed by atoms with Gasteiger partial charge in [0.05, 0.1) is 17.4 Å². The second-order valence-electron chi connectivity index (χ2n) is 7.49. The maximum Gasteiger partial charge on any atom is 0.193 e. The van der Waals surface area contributed by atoms with Gasteiger partial charge in [0.25, 0.3) is 0 Å². The van der Waals surface area contributed by atoms with Crippen LogP contribution in [0.1, 0.15) is 44.6 Å². The largest absolute Gasteiger partial charge is 0.408 e. The maximum atomic E-state index is 6.64. The zero-order valence-corrected chi connectivity index (χ0v) is 15.9. The molecule has 2 aromatic rings. The number of para-hydroxylation sites is 1. The van der Waals surface area contributed by atoms with Gasteiger partial charge < -0.3 is 9.41 Å². The van der Waals surface area contributed by atoms with Crippen molar-refractivity contribution in [3.8, 4) is 12.3 Å². The average Bonchev–Trinajstić information content (AvgIpc) is 2.83. The lowest BCUT2D eigenvalue weighted by Crippen LogP contribution is -2.42. The van der Waals surface area contributed by atoms with Crippen molar-refractivity contribution in [3.05, 3.63) is 48.2 Å². The van der Waals surface area contributed by atoms with E-state index in [0.717, 1.165) is 28.6 Å². The summed E-state index contributed by atoms with van der Waals surface area (Å²) >= 11 is 0. The number of aromatic nitrogens is 1. The zero-order chi connectivity index (χ0) is 17.3. The Balaban J connectivity index is 2.50. The van der Waals surface area contributed by atoms with E-state index in [1.54, 1.807) is 0 Å². The molecule has 1 heterocycles. The topological polar surface area (TPSA) is 25.0 Å². The molecule has 1 atom stereocenters. The van der Waals surface area contributed by atoms with Gasteiger partial charge in [-0.25, -0.2) is 0 Å². The predicted molar refractivity (Wildman–Crippen MR) is 102 cm³/mol. The van der Waals surface area contributed by atoms with E-state index >= 15 is 0 Å². The molecule has 2 nitrogen and oxygen atoms in total. The Hall–Kier alpha value is -1.76. The smallest absolute Gasteiger partial charge is 0.193 e. The molecular formula is C20H27NOSi. The predicted octanol–water partition coefficient (Wildman–Crippen LogP) is 5.79. The molecule has 0 saturated heterocycles. The third-order valence-electron chi connectivity index (χ3n) is 4.83. The van der Waals surface area contributed by atoms with E-state index in [-0.39, 0.29) is 11.1 Å². The van der Waals surface area contributed by atoms with Gasteiger partial charge in [-0.15, -0.1) is 13.0 Å². The first kappa shape index (κ1) is 17.6. The third-order valence-corrected chi connectivity index (χ3v) is 9.31. The molecule has 2 rings (SSSR count). The minimum Gasteiger partial charge on any atom is -0.408 e. The molecule has 0 aliphatic rings. The van der Waals surface area contributed by atoms with Crippen molar-refractivity contribution in [1.29, 1.82) is 0 Å². The van der Waals surface area contributed by atoms with Gasteiger partial charge in [-0.2, -0.15) is 0 Å². The van der Waals surface area contributed by atoms with E-state index in [0.29, 0.717) is 0 Å². The highest BCUT2D eigenvalue weighted by atomic mass is 28.4. The highest BCUT2D eigenvalue weighted by Gasteiger charge is 2.39. The fourth-order valence-corrected chi connectivity index (χ4v) is 3.75. The zero-order valence-electron chi connectivity index (χ0n) is 14.9. The van der Waals surface area contributed by atoms with Gasteiger partial charge in [0.1, 0.15) is 0 Å². The molecule has 1 aromatic heterocycles. The number of hydrogen-bond acceptors (Lipinski definition) is 1. The summed E-state index contributed by atoms with van der Waals surface area (Å²) in [6, 6.07) is 8.14. The Morgan fingerprint density at radius 2 is 2.00 bits per heavy atom. The molecule has 0 fully saturated rings. The second kappa shape index (κ2) is 6.39. The Kier molecular flexibility index (Phi) is 4.89. The first-order valence-corrected chi connectivity index (χ1v) is 11.0. The van der Waals surface area contributed by atoms with Gasteiger partial charge >= 0.3 is 0 Å². The molecule has 1 unspecified atom stereocenters. The van der Waals surface area contributed by atoms with Crippen molar-refractivity contribution in [1.82, 2.24) is 4.98 Å². The van der Waals surface area contributed by atoms with Crippen molar-refractivity contribution >= 4 is 19.2 Å². The van der Waals surface area contributed by atoms with E-state index in [9.17, 15) is 0 Å². The minimum atomic E-state index is -1.91. The molecule has 3 heteroatoms. The summed E-state index contributed by atoms with van der Waals surface area (Å²) in [5.41, 5.74) is 2.97. The van der Waals surface area contributed by atoms with E-state index in [1.807, 2.05) is 18.2 Å². The standard InChI is InChI=1S/C20H27NOSi/c1-8-12-18(22-23(6,7)20(3,4)5)19-15(9-2)16-13-10-11-14-17(16)21-19/h2,8,10-11,13-14,18,21H,1,12H2,3-7H3. The number of fused-ring (bicyclic) bond motifs is 1. The third kappa shape index (κ3) is 3.44. The first-order chi connectivity index (χ1) is 10.7. The van der Waals surface area contributed by atoms with Gasteiger partial charge in [-0.1, -0.05) is 51.0 Å². The van der Waals surface area contributed by atoms with Crippen molar-refractivity contribution < 1.29 is 4.43 Å². The number of rotatable bonds is 5. The van der Waals surface area contributed by atoms with Crippen LogP contribution < -0.4 is 0 Å². The number of hydrogen-bond donors (Lipinski definition) is 1. The minimum absolute atomic E-state index is 0.0770. The van der Waals surface area contributed by atoms with Crippen LogP contribution in [0.15, 0.2) is 36.9 Å². The van der Waals surface area contributed by atoms with Gasteiger partial charge in [-0.05, 0) is 30.6 Å². The number of H-pyrrole nitrogens is 1. The Morgan fingerprint density at radius 3 is 2.57 bits per heavy atom. The number of aromatic amines is 1. The van der Waals surface area contributed by atoms with Crippen LogP contribution in [0.25, 0.3) is 10.9 Å². The lowest BCUT2D eigenvalue weighted by molar-refractivity contribution is 0.183.